The van der Waals surface area contributed by atoms with E-state index >= 15 is 0 Å². The van der Waals surface area contributed by atoms with Crippen molar-refractivity contribution in [3.8, 4) is 11.5 Å². The number of carbonyl (C=O) groups is 1. The minimum absolute atomic E-state index is 0.135. The Morgan fingerprint density at radius 2 is 2.08 bits per heavy atom. The Bertz CT molecular complexity index is 733. The maximum absolute atomic E-state index is 12.1. The SMILES string of the molecule is COc1ccc2c(c1)[C@H](NC(=O)NCCNS(C)(=O)=O)CC(C)(C)O2. The number of benzene rings is 1. The number of fused-ring (bicyclic) bond motifs is 1. The third-order valence-electron chi connectivity index (χ3n) is 3.75. The van der Waals surface area contributed by atoms with E-state index in [9.17, 15) is 13.2 Å². The van der Waals surface area contributed by atoms with Crippen molar-refractivity contribution in [2.75, 3.05) is 26.5 Å². The number of hydrogen-bond donors (Lipinski definition) is 3. The van der Waals surface area contributed by atoms with Crippen LogP contribution in [0.3, 0.4) is 0 Å². The summed E-state index contributed by atoms with van der Waals surface area (Å²) >= 11 is 0. The summed E-state index contributed by atoms with van der Waals surface area (Å²) in [5.74, 6) is 1.40. The van der Waals surface area contributed by atoms with Crippen molar-refractivity contribution < 1.29 is 22.7 Å². The highest BCUT2D eigenvalue weighted by molar-refractivity contribution is 7.88. The van der Waals surface area contributed by atoms with Gasteiger partial charge in [-0.05, 0) is 32.0 Å². The number of ether oxygens (including phenoxy) is 2. The van der Waals surface area contributed by atoms with E-state index in [1.165, 1.54) is 0 Å². The molecule has 0 saturated carbocycles. The summed E-state index contributed by atoms with van der Waals surface area (Å²) in [7, 11) is -1.68. The zero-order valence-electron chi connectivity index (χ0n) is 14.9. The molecule has 1 heterocycles. The monoisotopic (exact) mass is 371 g/mol. The third-order valence-corrected chi connectivity index (χ3v) is 4.48. The van der Waals surface area contributed by atoms with Gasteiger partial charge in [0.15, 0.2) is 0 Å². The summed E-state index contributed by atoms with van der Waals surface area (Å²) in [6.45, 7) is 4.25. The highest BCUT2D eigenvalue weighted by atomic mass is 32.2. The van der Waals surface area contributed by atoms with Gasteiger partial charge >= 0.3 is 6.03 Å². The molecule has 25 heavy (non-hydrogen) atoms. The lowest BCUT2D eigenvalue weighted by molar-refractivity contribution is 0.0677. The highest BCUT2D eigenvalue weighted by Crippen LogP contribution is 2.41. The van der Waals surface area contributed by atoms with Crippen LogP contribution in [-0.2, 0) is 10.0 Å². The zero-order valence-corrected chi connectivity index (χ0v) is 15.7. The van der Waals surface area contributed by atoms with Gasteiger partial charge in [-0.25, -0.2) is 17.9 Å². The van der Waals surface area contributed by atoms with Crippen molar-refractivity contribution in [1.29, 1.82) is 0 Å². The number of nitrogens with one attached hydrogen (secondary N) is 3. The van der Waals surface area contributed by atoms with E-state index in [4.69, 9.17) is 9.47 Å². The van der Waals surface area contributed by atoms with Crippen molar-refractivity contribution in [3.63, 3.8) is 0 Å². The minimum atomic E-state index is -3.26. The van der Waals surface area contributed by atoms with E-state index in [2.05, 4.69) is 15.4 Å². The predicted molar refractivity (Wildman–Crippen MR) is 94.4 cm³/mol. The molecule has 1 aliphatic rings. The highest BCUT2D eigenvalue weighted by Gasteiger charge is 2.34. The summed E-state index contributed by atoms with van der Waals surface area (Å²) < 4.78 is 35.5. The molecule has 0 unspecified atom stereocenters. The van der Waals surface area contributed by atoms with Crippen molar-refractivity contribution in [1.82, 2.24) is 15.4 Å². The molecule has 2 rings (SSSR count). The molecule has 1 aliphatic heterocycles. The van der Waals surface area contributed by atoms with Crippen LogP contribution in [0.4, 0.5) is 4.79 Å². The lowest BCUT2D eigenvalue weighted by Gasteiger charge is -2.38. The molecule has 0 aromatic heterocycles. The first-order valence-corrected chi connectivity index (χ1v) is 9.85. The molecule has 0 radical (unpaired) electrons. The molecule has 0 bridgehead atoms. The second-order valence-corrected chi connectivity index (χ2v) is 8.42. The van der Waals surface area contributed by atoms with E-state index in [1.54, 1.807) is 7.11 Å². The fourth-order valence-corrected chi connectivity index (χ4v) is 3.18. The molecule has 9 heteroatoms. The molecule has 0 fully saturated rings. The maximum Gasteiger partial charge on any atom is 0.315 e. The zero-order chi connectivity index (χ0) is 18.7. The predicted octanol–water partition coefficient (Wildman–Crippen LogP) is 1.15. The average Bonchev–Trinajstić information content (AvgIpc) is 2.49. The van der Waals surface area contributed by atoms with Gasteiger partial charge in [0.05, 0.1) is 19.4 Å². The minimum Gasteiger partial charge on any atom is -0.497 e. The second kappa shape index (κ2) is 7.49. The molecular weight excluding hydrogens is 346 g/mol. The molecule has 140 valence electrons. The van der Waals surface area contributed by atoms with Gasteiger partial charge in [0.25, 0.3) is 0 Å². The summed E-state index contributed by atoms with van der Waals surface area (Å²) in [5, 5.41) is 5.56. The average molecular weight is 371 g/mol. The van der Waals surface area contributed by atoms with Gasteiger partial charge in [-0.3, -0.25) is 0 Å². The topological polar surface area (TPSA) is 106 Å². The normalized spacial score (nSPS) is 18.6. The Labute approximate surface area is 148 Å². The molecule has 3 N–H and O–H groups in total. The molecule has 1 aromatic carbocycles. The molecule has 1 atom stereocenters. The Hall–Kier alpha value is -2.00. The Balaban J connectivity index is 2.02. The van der Waals surface area contributed by atoms with Crippen LogP contribution in [0.2, 0.25) is 0 Å². The van der Waals surface area contributed by atoms with E-state index in [0.717, 1.165) is 11.8 Å². The molecule has 0 saturated heterocycles. The Kier molecular flexibility index (Phi) is 5.79. The molecule has 2 amide bonds. The maximum atomic E-state index is 12.1. The van der Waals surface area contributed by atoms with Crippen LogP contribution in [0.15, 0.2) is 18.2 Å². The lowest BCUT2D eigenvalue weighted by Crippen LogP contribution is -2.45. The van der Waals surface area contributed by atoms with Gasteiger partial charge in [-0.15, -0.1) is 0 Å². The van der Waals surface area contributed by atoms with Crippen molar-refractivity contribution in [3.05, 3.63) is 23.8 Å². The van der Waals surface area contributed by atoms with Gasteiger partial charge in [-0.2, -0.15) is 0 Å². The number of rotatable bonds is 6. The van der Waals surface area contributed by atoms with Crippen LogP contribution in [0.25, 0.3) is 0 Å². The van der Waals surface area contributed by atoms with E-state index in [0.29, 0.717) is 17.9 Å². The van der Waals surface area contributed by atoms with Gasteiger partial charge in [-0.1, -0.05) is 0 Å². The van der Waals surface area contributed by atoms with E-state index in [1.807, 2.05) is 32.0 Å². The van der Waals surface area contributed by atoms with Crippen LogP contribution in [0, 0.1) is 0 Å². The quantitative estimate of drug-likeness (QED) is 0.651. The number of hydrogen-bond acceptors (Lipinski definition) is 5. The van der Waals surface area contributed by atoms with E-state index < -0.39 is 15.6 Å². The van der Waals surface area contributed by atoms with Crippen LogP contribution in [0.1, 0.15) is 31.9 Å². The fraction of sp³-hybridized carbons (Fsp3) is 0.562. The summed E-state index contributed by atoms with van der Waals surface area (Å²) in [6, 6.07) is 4.88. The molecule has 1 aromatic rings. The third kappa shape index (κ3) is 5.79. The van der Waals surface area contributed by atoms with Crippen molar-refractivity contribution in [2.24, 2.45) is 0 Å². The Morgan fingerprint density at radius 3 is 2.72 bits per heavy atom. The van der Waals surface area contributed by atoms with Gasteiger partial charge in [0, 0.05) is 25.1 Å². The van der Waals surface area contributed by atoms with Gasteiger partial charge in [0.1, 0.15) is 17.1 Å². The van der Waals surface area contributed by atoms with Crippen LogP contribution in [-0.4, -0.2) is 46.5 Å². The first kappa shape index (κ1) is 19.3. The first-order valence-electron chi connectivity index (χ1n) is 7.95. The largest absolute Gasteiger partial charge is 0.497 e. The summed E-state index contributed by atoms with van der Waals surface area (Å²) in [4.78, 5) is 12.1. The van der Waals surface area contributed by atoms with Gasteiger partial charge < -0.3 is 20.1 Å². The number of amides is 2. The summed E-state index contributed by atoms with van der Waals surface area (Å²) in [6.07, 6.45) is 1.67. The fourth-order valence-electron chi connectivity index (χ4n) is 2.71. The van der Waals surface area contributed by atoms with Crippen molar-refractivity contribution >= 4 is 16.1 Å². The number of sulfonamides is 1. The molecule has 0 spiro atoms. The van der Waals surface area contributed by atoms with Crippen LogP contribution in [0.5, 0.6) is 11.5 Å². The van der Waals surface area contributed by atoms with Crippen LogP contribution < -0.4 is 24.8 Å². The number of urea groups is 1. The molecule has 0 aliphatic carbocycles. The Morgan fingerprint density at radius 1 is 1.36 bits per heavy atom. The molecular formula is C16H25N3O5S. The summed E-state index contributed by atoms with van der Waals surface area (Å²) in [5.41, 5.74) is 0.431. The van der Waals surface area contributed by atoms with Gasteiger partial charge in [0.2, 0.25) is 10.0 Å². The smallest absolute Gasteiger partial charge is 0.315 e. The van der Waals surface area contributed by atoms with Crippen molar-refractivity contribution in [2.45, 2.75) is 31.9 Å². The lowest BCUT2D eigenvalue weighted by atomic mass is 9.89. The standard InChI is InChI=1S/C16H25N3O5S/c1-16(2)10-13(12-9-11(23-3)5-6-14(12)24-16)19-15(20)17-7-8-18-25(4,21)22/h5-6,9,13,18H,7-8,10H2,1-4H3,(H2,17,19,20)/t13-/m1/s1. The first-order chi connectivity index (χ1) is 11.6. The molecule has 8 nitrogen and oxygen atoms in total. The second-order valence-electron chi connectivity index (χ2n) is 6.59. The van der Waals surface area contributed by atoms with Crippen LogP contribution >= 0.6 is 0 Å². The van der Waals surface area contributed by atoms with E-state index in [-0.39, 0.29) is 25.2 Å². The number of carbonyl (C=O) groups excluding carboxylic acids is 1. The number of methoxy groups -OCH3 is 1.